The first kappa shape index (κ1) is 38.0. The van der Waals surface area contributed by atoms with Crippen molar-refractivity contribution in [3.63, 3.8) is 0 Å². The number of rotatable bonds is 9. The number of aromatic nitrogens is 4. The average Bonchev–Trinajstić information content (AvgIpc) is 3.86. The molecular formula is C43H50N10O5. The van der Waals surface area contributed by atoms with Crippen LogP contribution in [0.3, 0.4) is 0 Å². The Morgan fingerprint density at radius 3 is 2.36 bits per heavy atom. The number of benzene rings is 1. The predicted molar refractivity (Wildman–Crippen MR) is 218 cm³/mol. The number of hydrogen-bond donors (Lipinski definition) is 2. The fourth-order valence-corrected chi connectivity index (χ4v) is 9.84. The molecule has 5 aliphatic rings. The first-order valence-corrected chi connectivity index (χ1v) is 20.7. The number of hydrogen-bond acceptors (Lipinski definition) is 12. The van der Waals surface area contributed by atoms with Gasteiger partial charge in [-0.3, -0.25) is 43.7 Å². The third kappa shape index (κ3) is 7.25. The highest BCUT2D eigenvalue weighted by Gasteiger charge is 2.39. The number of Topliss-reactive ketones (excluding diaryl/α,β-unsaturated/α-hetero) is 1. The number of likely N-dealkylation sites (tertiary alicyclic amines) is 1. The van der Waals surface area contributed by atoms with Gasteiger partial charge in [0.15, 0.2) is 5.78 Å². The van der Waals surface area contributed by atoms with E-state index in [9.17, 15) is 24.0 Å². The van der Waals surface area contributed by atoms with Crippen molar-refractivity contribution in [3.05, 3.63) is 80.9 Å². The summed E-state index contributed by atoms with van der Waals surface area (Å²) in [5.41, 5.74) is 4.98. The second-order valence-corrected chi connectivity index (χ2v) is 16.5. The van der Waals surface area contributed by atoms with Crippen LogP contribution >= 0.6 is 0 Å². The number of piperidine rings is 2. The number of fused-ring (bicyclic) bond motifs is 2. The molecule has 3 amide bonds. The molecule has 302 valence electrons. The van der Waals surface area contributed by atoms with Crippen LogP contribution in [-0.2, 0) is 22.7 Å². The van der Waals surface area contributed by atoms with Crippen LogP contribution < -0.4 is 21.1 Å². The molecule has 4 fully saturated rings. The maximum absolute atomic E-state index is 13.6. The number of pyridine rings is 2. The van der Waals surface area contributed by atoms with Crippen LogP contribution in [0.5, 0.6) is 0 Å². The van der Waals surface area contributed by atoms with E-state index in [2.05, 4.69) is 42.5 Å². The molecule has 1 saturated carbocycles. The van der Waals surface area contributed by atoms with E-state index in [1.807, 2.05) is 24.4 Å². The zero-order valence-corrected chi connectivity index (χ0v) is 33.2. The molecule has 0 radical (unpaired) electrons. The molecule has 0 spiro atoms. The van der Waals surface area contributed by atoms with Crippen molar-refractivity contribution in [2.24, 2.45) is 0 Å². The Morgan fingerprint density at radius 1 is 0.879 bits per heavy atom. The van der Waals surface area contributed by atoms with E-state index < -0.39 is 6.04 Å². The highest BCUT2D eigenvalue weighted by molar-refractivity contribution is 6.05. The van der Waals surface area contributed by atoms with Crippen LogP contribution in [0.2, 0.25) is 0 Å². The zero-order chi connectivity index (χ0) is 40.1. The molecule has 1 aromatic carbocycles. The van der Waals surface area contributed by atoms with Crippen molar-refractivity contribution in [2.45, 2.75) is 96.4 Å². The molecule has 1 unspecified atom stereocenters. The van der Waals surface area contributed by atoms with E-state index in [4.69, 9.17) is 9.97 Å². The summed E-state index contributed by atoms with van der Waals surface area (Å²) in [5.74, 6) is -0.0613. The average molecular weight is 787 g/mol. The van der Waals surface area contributed by atoms with Gasteiger partial charge in [0.25, 0.3) is 11.5 Å². The lowest BCUT2D eigenvalue weighted by molar-refractivity contribution is -0.136. The Kier molecular flexibility index (Phi) is 10.3. The molecule has 1 aliphatic carbocycles. The summed E-state index contributed by atoms with van der Waals surface area (Å²) in [6.45, 7) is 10.3. The molecule has 9 rings (SSSR count). The van der Waals surface area contributed by atoms with E-state index in [0.29, 0.717) is 52.9 Å². The fourth-order valence-electron chi connectivity index (χ4n) is 9.84. The van der Waals surface area contributed by atoms with E-state index in [-0.39, 0.29) is 47.1 Å². The van der Waals surface area contributed by atoms with Crippen molar-refractivity contribution in [1.29, 1.82) is 0 Å². The Hall–Kier alpha value is -5.54. The second-order valence-electron chi connectivity index (χ2n) is 16.5. The van der Waals surface area contributed by atoms with Gasteiger partial charge in [-0.1, -0.05) is 25.0 Å². The van der Waals surface area contributed by atoms with E-state index in [0.717, 1.165) is 95.6 Å². The van der Waals surface area contributed by atoms with Gasteiger partial charge in [-0.2, -0.15) is 4.98 Å². The van der Waals surface area contributed by atoms with Gasteiger partial charge in [0.2, 0.25) is 17.8 Å². The minimum atomic E-state index is -0.597. The number of anilines is 3. The fraction of sp³-hybridized carbons (Fsp3) is 0.488. The van der Waals surface area contributed by atoms with Gasteiger partial charge in [0.05, 0.1) is 17.4 Å². The number of carbonyl (C=O) groups excluding carboxylic acids is 4. The maximum atomic E-state index is 13.6. The van der Waals surface area contributed by atoms with Crippen LogP contribution in [0.15, 0.2) is 47.5 Å². The number of ketones is 1. The smallest absolute Gasteiger partial charge is 0.263 e. The van der Waals surface area contributed by atoms with Crippen molar-refractivity contribution < 1.29 is 19.2 Å². The molecular weight excluding hydrogens is 737 g/mol. The molecule has 1 atom stereocenters. The van der Waals surface area contributed by atoms with Crippen LogP contribution in [0.25, 0.3) is 11.0 Å². The van der Waals surface area contributed by atoms with Gasteiger partial charge in [-0.05, 0) is 93.9 Å². The number of nitrogens with zero attached hydrogens (tertiary/aromatic N) is 8. The summed E-state index contributed by atoms with van der Waals surface area (Å²) in [5, 5.41) is 6.32. The lowest BCUT2D eigenvalue weighted by Crippen LogP contribution is -2.53. The quantitative estimate of drug-likeness (QED) is 0.185. The lowest BCUT2D eigenvalue weighted by Gasteiger charge is -2.43. The van der Waals surface area contributed by atoms with Crippen LogP contribution in [0.4, 0.5) is 17.5 Å². The Balaban J connectivity index is 0.770. The summed E-state index contributed by atoms with van der Waals surface area (Å²) in [6, 6.07) is 10.0. The second kappa shape index (κ2) is 15.7. The Morgan fingerprint density at radius 2 is 1.66 bits per heavy atom. The van der Waals surface area contributed by atoms with Gasteiger partial charge < -0.3 is 15.1 Å². The standard InChI is InChI=1S/C43H50N10O5/c1-26-34-23-45-43(48-39(34)53(31-5-3-4-6-31)42(58)38(26)27(2)54)46-36-11-8-32(22-44-36)51-19-17-50(18-20-51)30-13-15-49(16-14-30)24-28-7-9-33-29(21-28)25-52(41(33)57)35-10-12-37(55)47-40(35)56/h7-9,11,21-23,30-31,35H,3-6,10,12-20,24-25H2,1-2H3,(H,47,55,56)(H,44,45,46,48). The number of piperazine rings is 1. The minimum absolute atomic E-state index is 0.0160. The van der Waals surface area contributed by atoms with Gasteiger partial charge >= 0.3 is 0 Å². The van der Waals surface area contributed by atoms with Crippen LogP contribution in [0, 0.1) is 6.92 Å². The summed E-state index contributed by atoms with van der Waals surface area (Å²) in [6.07, 6.45) is 10.3. The number of amides is 3. The molecule has 58 heavy (non-hydrogen) atoms. The van der Waals surface area contributed by atoms with E-state index in [1.165, 1.54) is 12.5 Å². The molecule has 3 saturated heterocycles. The predicted octanol–water partition coefficient (Wildman–Crippen LogP) is 4.10. The van der Waals surface area contributed by atoms with Crippen molar-refractivity contribution in [3.8, 4) is 0 Å². The van der Waals surface area contributed by atoms with E-state index in [1.54, 1.807) is 22.6 Å². The molecule has 4 aliphatic heterocycles. The minimum Gasteiger partial charge on any atom is -0.368 e. The number of imide groups is 1. The van der Waals surface area contributed by atoms with Crippen LogP contribution in [0.1, 0.15) is 102 Å². The monoisotopic (exact) mass is 786 g/mol. The highest BCUT2D eigenvalue weighted by Crippen LogP contribution is 2.33. The number of nitrogens with one attached hydrogen (secondary N) is 2. The molecule has 4 aromatic rings. The molecule has 2 N–H and O–H groups in total. The molecule has 15 heteroatoms. The Labute approximate surface area is 336 Å². The maximum Gasteiger partial charge on any atom is 0.263 e. The number of carbonyl (C=O) groups is 4. The van der Waals surface area contributed by atoms with Crippen molar-refractivity contribution in [2.75, 3.05) is 49.5 Å². The van der Waals surface area contributed by atoms with Crippen LogP contribution in [-0.4, -0.2) is 109 Å². The summed E-state index contributed by atoms with van der Waals surface area (Å²) >= 11 is 0. The highest BCUT2D eigenvalue weighted by atomic mass is 16.2. The molecule has 7 heterocycles. The lowest BCUT2D eigenvalue weighted by atomic mass is 10.0. The third-order valence-corrected chi connectivity index (χ3v) is 13.0. The first-order valence-electron chi connectivity index (χ1n) is 20.7. The molecule has 0 bridgehead atoms. The zero-order valence-electron chi connectivity index (χ0n) is 33.2. The van der Waals surface area contributed by atoms with Gasteiger partial charge in [0, 0.05) is 74.9 Å². The summed E-state index contributed by atoms with van der Waals surface area (Å²) in [7, 11) is 0. The van der Waals surface area contributed by atoms with Gasteiger partial charge in [0.1, 0.15) is 17.5 Å². The SMILES string of the molecule is CC(=O)c1c(C)c2cnc(Nc3ccc(N4CCN(C5CCN(Cc6ccc7c(c6)CN(C6CCC(=O)NC6=O)C7=O)CC5)CC4)cn3)nc2n(C2CCCC2)c1=O. The van der Waals surface area contributed by atoms with Crippen molar-refractivity contribution in [1.82, 2.24) is 39.5 Å². The Bertz CT molecular complexity index is 2340. The number of aryl methyl sites for hydroxylation is 1. The largest absolute Gasteiger partial charge is 0.368 e. The summed E-state index contributed by atoms with van der Waals surface area (Å²) in [4.78, 5) is 86.4. The topological polar surface area (TPSA) is 166 Å². The molecule has 3 aromatic heterocycles. The van der Waals surface area contributed by atoms with Gasteiger partial charge in [-0.15, -0.1) is 0 Å². The normalized spacial score (nSPS) is 21.2. The summed E-state index contributed by atoms with van der Waals surface area (Å²) < 4.78 is 1.72. The first-order chi connectivity index (χ1) is 28.1. The molecule has 15 nitrogen and oxygen atoms in total. The van der Waals surface area contributed by atoms with Crippen molar-refractivity contribution >= 4 is 52.0 Å². The van der Waals surface area contributed by atoms with E-state index >= 15 is 0 Å². The third-order valence-electron chi connectivity index (χ3n) is 13.0. The van der Waals surface area contributed by atoms with Gasteiger partial charge in [-0.25, -0.2) is 9.97 Å².